The molecule has 2 amide bonds. The molecular formula is C16H23N3O2S. The van der Waals surface area contributed by atoms with E-state index in [2.05, 4.69) is 24.1 Å². The fourth-order valence-corrected chi connectivity index (χ4v) is 4.25. The van der Waals surface area contributed by atoms with Crippen LogP contribution >= 0.6 is 11.3 Å². The maximum Gasteiger partial charge on any atom is 0.231 e. The van der Waals surface area contributed by atoms with E-state index in [1.165, 1.54) is 24.2 Å². The Morgan fingerprint density at radius 1 is 1.41 bits per heavy atom. The monoisotopic (exact) mass is 321 g/mol. The summed E-state index contributed by atoms with van der Waals surface area (Å²) in [4.78, 5) is 30.7. The third-order valence-corrected chi connectivity index (χ3v) is 5.94. The number of aromatic nitrogens is 1. The van der Waals surface area contributed by atoms with E-state index in [-0.39, 0.29) is 17.7 Å². The molecule has 1 aliphatic carbocycles. The molecule has 0 radical (unpaired) electrons. The molecule has 0 unspecified atom stereocenters. The van der Waals surface area contributed by atoms with Crippen molar-refractivity contribution in [3.8, 4) is 0 Å². The van der Waals surface area contributed by atoms with E-state index in [9.17, 15) is 9.59 Å². The van der Waals surface area contributed by atoms with Gasteiger partial charge in [-0.2, -0.15) is 0 Å². The maximum atomic E-state index is 12.4. The Hall–Kier alpha value is -1.43. The normalized spacial score (nSPS) is 32.3. The van der Waals surface area contributed by atoms with E-state index >= 15 is 0 Å². The van der Waals surface area contributed by atoms with Gasteiger partial charge in [-0.3, -0.25) is 9.59 Å². The number of hydrogen-bond donors (Lipinski definition) is 1. The van der Waals surface area contributed by atoms with Crippen molar-refractivity contribution < 1.29 is 9.59 Å². The summed E-state index contributed by atoms with van der Waals surface area (Å²) in [5, 5.41) is 5.25. The van der Waals surface area contributed by atoms with Gasteiger partial charge in [0.15, 0.2) is 5.13 Å². The molecule has 1 saturated carbocycles. The van der Waals surface area contributed by atoms with Gasteiger partial charge >= 0.3 is 0 Å². The van der Waals surface area contributed by atoms with Gasteiger partial charge in [0.25, 0.3) is 0 Å². The minimum atomic E-state index is -0.249. The largest absolute Gasteiger partial charge is 0.339 e. The number of carbonyl (C=O) groups is 2. The van der Waals surface area contributed by atoms with Crippen molar-refractivity contribution in [3.63, 3.8) is 0 Å². The maximum absolute atomic E-state index is 12.4. The molecule has 1 saturated heterocycles. The summed E-state index contributed by atoms with van der Waals surface area (Å²) in [6, 6.07) is 0.300. The van der Waals surface area contributed by atoms with Gasteiger partial charge in [0.05, 0.1) is 5.92 Å². The highest BCUT2D eigenvalue weighted by molar-refractivity contribution is 7.13. The van der Waals surface area contributed by atoms with Crippen molar-refractivity contribution >= 4 is 28.3 Å². The first-order valence-corrected chi connectivity index (χ1v) is 8.94. The lowest BCUT2D eigenvalue weighted by molar-refractivity contribution is -0.131. The predicted molar refractivity (Wildman–Crippen MR) is 86.5 cm³/mol. The summed E-state index contributed by atoms with van der Waals surface area (Å²) in [6.07, 6.45) is 5.48. The first-order chi connectivity index (χ1) is 10.6. The van der Waals surface area contributed by atoms with Crippen LogP contribution in [-0.4, -0.2) is 34.3 Å². The number of thiazole rings is 1. The van der Waals surface area contributed by atoms with Crippen LogP contribution in [0, 0.1) is 17.8 Å². The lowest BCUT2D eigenvalue weighted by atomic mass is 9.77. The molecule has 5 nitrogen and oxygen atoms in total. The van der Waals surface area contributed by atoms with E-state index in [0.717, 1.165) is 6.42 Å². The molecule has 120 valence electrons. The molecule has 4 atom stereocenters. The molecule has 6 heteroatoms. The number of likely N-dealkylation sites (tertiary alicyclic amines) is 1. The highest BCUT2D eigenvalue weighted by atomic mass is 32.1. The second-order valence-electron chi connectivity index (χ2n) is 6.61. The molecule has 0 spiro atoms. The summed E-state index contributed by atoms with van der Waals surface area (Å²) < 4.78 is 0. The standard InChI is InChI=1S/C16H23N3O2S/c1-10-4-3-5-13(11(10)2)19-9-12(8-14(19)20)15(21)18-16-17-6-7-22-16/h6-7,10-13H,3-5,8-9H2,1-2H3,(H,17,18,21)/t10-,11+,12+,13-/m0/s1. The summed E-state index contributed by atoms with van der Waals surface area (Å²) in [5.41, 5.74) is 0. The zero-order valence-corrected chi connectivity index (χ0v) is 13.9. The van der Waals surface area contributed by atoms with Crippen LogP contribution in [-0.2, 0) is 9.59 Å². The molecule has 2 fully saturated rings. The molecule has 1 N–H and O–H groups in total. The number of nitrogens with one attached hydrogen (secondary N) is 1. The van der Waals surface area contributed by atoms with Crippen molar-refractivity contribution in [2.75, 3.05) is 11.9 Å². The third kappa shape index (κ3) is 3.02. The molecule has 3 rings (SSSR count). The van der Waals surface area contributed by atoms with Crippen LogP contribution < -0.4 is 5.32 Å². The SMILES string of the molecule is C[C@@H]1[C@@H](C)CCC[C@@H]1N1C[C@H](C(=O)Nc2nccs2)CC1=O. The molecule has 22 heavy (non-hydrogen) atoms. The Kier molecular flexibility index (Phi) is 4.47. The van der Waals surface area contributed by atoms with Crippen molar-refractivity contribution in [1.82, 2.24) is 9.88 Å². The summed E-state index contributed by atoms with van der Waals surface area (Å²) in [6.45, 7) is 5.06. The van der Waals surface area contributed by atoms with Crippen molar-refractivity contribution in [3.05, 3.63) is 11.6 Å². The van der Waals surface area contributed by atoms with Crippen molar-refractivity contribution in [1.29, 1.82) is 0 Å². The van der Waals surface area contributed by atoms with Crippen LogP contribution in [0.1, 0.15) is 39.5 Å². The van der Waals surface area contributed by atoms with Crippen LogP contribution in [0.5, 0.6) is 0 Å². The summed E-state index contributed by atoms with van der Waals surface area (Å²) in [5.74, 6) is 0.960. The Bertz CT molecular complexity index is 546. The average Bonchev–Trinajstić information content (AvgIpc) is 3.12. The second kappa shape index (κ2) is 6.36. The van der Waals surface area contributed by atoms with Crippen molar-refractivity contribution in [2.45, 2.75) is 45.6 Å². The second-order valence-corrected chi connectivity index (χ2v) is 7.50. The minimum Gasteiger partial charge on any atom is -0.339 e. The lowest BCUT2D eigenvalue weighted by Gasteiger charge is -2.40. The van der Waals surface area contributed by atoms with Gasteiger partial charge in [-0.25, -0.2) is 4.98 Å². The molecule has 0 aromatic carbocycles. The fourth-order valence-electron chi connectivity index (χ4n) is 3.71. The number of nitrogens with zero attached hydrogens (tertiary/aromatic N) is 2. The molecule has 1 aromatic heterocycles. The minimum absolute atomic E-state index is 0.0812. The molecule has 1 aliphatic heterocycles. The first-order valence-electron chi connectivity index (χ1n) is 8.06. The lowest BCUT2D eigenvalue weighted by Crippen LogP contribution is -2.45. The zero-order chi connectivity index (χ0) is 15.7. The number of anilines is 1. The number of carbonyl (C=O) groups excluding carboxylic acids is 2. The Balaban J connectivity index is 1.64. The van der Waals surface area contributed by atoms with Gasteiger partial charge in [0, 0.05) is 30.6 Å². The van der Waals surface area contributed by atoms with Crippen LogP contribution in [0.25, 0.3) is 0 Å². The molecule has 2 heterocycles. The predicted octanol–water partition coefficient (Wildman–Crippen LogP) is 2.75. The topological polar surface area (TPSA) is 62.3 Å². The quantitative estimate of drug-likeness (QED) is 0.931. The first kappa shape index (κ1) is 15.5. The highest BCUT2D eigenvalue weighted by Crippen LogP contribution is 2.35. The average molecular weight is 321 g/mol. The highest BCUT2D eigenvalue weighted by Gasteiger charge is 2.41. The van der Waals surface area contributed by atoms with Gasteiger partial charge in [-0.1, -0.05) is 26.7 Å². The third-order valence-electron chi connectivity index (χ3n) is 5.26. The molecule has 2 aliphatic rings. The summed E-state index contributed by atoms with van der Waals surface area (Å²) in [7, 11) is 0. The van der Waals surface area contributed by atoms with Gasteiger partial charge < -0.3 is 10.2 Å². The van der Waals surface area contributed by atoms with Crippen LogP contribution in [0.4, 0.5) is 5.13 Å². The van der Waals surface area contributed by atoms with Crippen LogP contribution in [0.3, 0.4) is 0 Å². The summed E-state index contributed by atoms with van der Waals surface area (Å²) >= 11 is 1.40. The Morgan fingerprint density at radius 3 is 2.95 bits per heavy atom. The molecule has 0 bridgehead atoms. The molecular weight excluding hydrogens is 298 g/mol. The Labute approximate surface area is 135 Å². The van der Waals surface area contributed by atoms with Gasteiger partial charge in [0.2, 0.25) is 11.8 Å². The van der Waals surface area contributed by atoms with Gasteiger partial charge in [-0.05, 0) is 18.3 Å². The van der Waals surface area contributed by atoms with Crippen molar-refractivity contribution in [2.24, 2.45) is 17.8 Å². The number of amides is 2. The smallest absolute Gasteiger partial charge is 0.231 e. The van der Waals surface area contributed by atoms with Gasteiger partial charge in [-0.15, -0.1) is 11.3 Å². The number of hydrogen-bond acceptors (Lipinski definition) is 4. The van der Waals surface area contributed by atoms with E-state index in [1.807, 2.05) is 10.3 Å². The van der Waals surface area contributed by atoms with E-state index < -0.39 is 0 Å². The van der Waals surface area contributed by atoms with Gasteiger partial charge in [0.1, 0.15) is 0 Å². The number of rotatable bonds is 3. The molecule has 1 aromatic rings. The van der Waals surface area contributed by atoms with E-state index in [1.54, 1.807) is 6.20 Å². The van der Waals surface area contributed by atoms with Crippen LogP contribution in [0.2, 0.25) is 0 Å². The fraction of sp³-hybridized carbons (Fsp3) is 0.688. The van der Waals surface area contributed by atoms with E-state index in [4.69, 9.17) is 0 Å². The van der Waals surface area contributed by atoms with E-state index in [0.29, 0.717) is 36.0 Å². The van der Waals surface area contributed by atoms with Crippen LogP contribution in [0.15, 0.2) is 11.6 Å². The zero-order valence-electron chi connectivity index (χ0n) is 13.1. The Morgan fingerprint density at radius 2 is 2.23 bits per heavy atom.